The number of aromatic nitrogens is 1. The van der Waals surface area contributed by atoms with Crippen molar-refractivity contribution >= 4 is 43.9 Å². The Kier molecular flexibility index (Phi) is 7.98. The number of fused-ring (bicyclic) bond motifs is 2. The number of carbonyl (C=O) groups is 1. The standard InChI is InChI=1S/C33H31FN6O2S/c1-3-30(41)40-14-13-39(19-22(40)9-11-35)31-26-16-28(34)25(24-8-4-6-21-10-15-43-32(21)24)17-29(26)37-33(27(31)18-36)42-20-23-7-5-12-38(23)2/h3-4,6,8,10,15-17,22-23H,1,5,7,9,12-14,19-20H2,2H3/t22-,23-/m0/s1. The van der Waals surface area contributed by atoms with E-state index in [-0.39, 0.29) is 29.8 Å². The van der Waals surface area contributed by atoms with E-state index in [9.17, 15) is 15.3 Å². The quantitative estimate of drug-likeness (QED) is 0.253. The van der Waals surface area contributed by atoms with Crippen LogP contribution < -0.4 is 9.64 Å². The minimum Gasteiger partial charge on any atom is -0.475 e. The Labute approximate surface area is 253 Å². The number of halogens is 1. The number of thiophene rings is 1. The molecule has 8 nitrogen and oxygen atoms in total. The Morgan fingerprint density at radius 1 is 1.21 bits per heavy atom. The molecule has 0 spiro atoms. The van der Waals surface area contributed by atoms with Gasteiger partial charge in [-0.15, -0.1) is 11.3 Å². The maximum Gasteiger partial charge on any atom is 0.246 e. The number of nitriles is 2. The average Bonchev–Trinajstić information content (AvgIpc) is 3.67. The summed E-state index contributed by atoms with van der Waals surface area (Å²) >= 11 is 1.56. The van der Waals surface area contributed by atoms with Crippen molar-refractivity contribution in [1.29, 1.82) is 10.5 Å². The van der Waals surface area contributed by atoms with E-state index in [2.05, 4.69) is 30.7 Å². The lowest BCUT2D eigenvalue weighted by atomic mass is 9.98. The SMILES string of the molecule is C=CC(=O)N1CCN(c2c(C#N)c(OC[C@@H]3CCCN3C)nc3cc(-c4cccc5ccsc45)c(F)cc23)C[C@@H]1CC#N. The van der Waals surface area contributed by atoms with E-state index in [0.717, 1.165) is 35.0 Å². The van der Waals surface area contributed by atoms with Crippen molar-refractivity contribution in [2.75, 3.05) is 44.7 Å². The summed E-state index contributed by atoms with van der Waals surface area (Å²) in [5, 5.41) is 23.5. The summed E-state index contributed by atoms with van der Waals surface area (Å²) in [4.78, 5) is 23.2. The van der Waals surface area contributed by atoms with Crippen molar-refractivity contribution in [3.8, 4) is 29.1 Å². The number of hydrogen-bond donors (Lipinski definition) is 0. The molecule has 4 heterocycles. The number of ether oxygens (including phenoxy) is 1. The Bertz CT molecular complexity index is 1810. The molecule has 1 amide bonds. The third-order valence-electron chi connectivity index (χ3n) is 8.56. The molecule has 2 fully saturated rings. The Hall–Kier alpha value is -4.51. The number of nitrogens with zero attached hydrogens (tertiary/aromatic N) is 6. The van der Waals surface area contributed by atoms with E-state index in [1.54, 1.807) is 22.3 Å². The second-order valence-corrected chi connectivity index (χ2v) is 11.9. The van der Waals surface area contributed by atoms with E-state index in [0.29, 0.717) is 48.4 Å². The van der Waals surface area contributed by atoms with Crippen LogP contribution in [0.25, 0.3) is 32.1 Å². The second-order valence-electron chi connectivity index (χ2n) is 11.0. The van der Waals surface area contributed by atoms with Crippen LogP contribution in [-0.4, -0.2) is 72.6 Å². The number of anilines is 1. The van der Waals surface area contributed by atoms with Gasteiger partial charge < -0.3 is 19.4 Å². The largest absolute Gasteiger partial charge is 0.475 e. The zero-order chi connectivity index (χ0) is 30.1. The maximum absolute atomic E-state index is 16.1. The molecule has 6 rings (SSSR count). The van der Waals surface area contributed by atoms with Crippen molar-refractivity contribution in [1.82, 2.24) is 14.8 Å². The van der Waals surface area contributed by atoms with Crippen LogP contribution in [0.5, 0.6) is 5.88 Å². The van der Waals surface area contributed by atoms with Crippen LogP contribution in [0.2, 0.25) is 0 Å². The Morgan fingerprint density at radius 3 is 2.81 bits per heavy atom. The highest BCUT2D eigenvalue weighted by Gasteiger charge is 2.33. The fourth-order valence-electron chi connectivity index (χ4n) is 6.30. The first-order valence-electron chi connectivity index (χ1n) is 14.4. The van der Waals surface area contributed by atoms with Gasteiger partial charge in [-0.2, -0.15) is 10.5 Å². The predicted molar refractivity (Wildman–Crippen MR) is 167 cm³/mol. The third-order valence-corrected chi connectivity index (χ3v) is 9.53. The van der Waals surface area contributed by atoms with Crippen molar-refractivity contribution in [3.63, 3.8) is 0 Å². The molecular formula is C33H31FN6O2S. The number of pyridine rings is 1. The van der Waals surface area contributed by atoms with E-state index in [4.69, 9.17) is 9.72 Å². The summed E-state index contributed by atoms with van der Waals surface area (Å²) in [6.45, 7) is 5.98. The Balaban J connectivity index is 1.50. The lowest BCUT2D eigenvalue weighted by molar-refractivity contribution is -0.128. The average molecular weight is 595 g/mol. The van der Waals surface area contributed by atoms with Crippen LogP contribution in [-0.2, 0) is 4.79 Å². The lowest BCUT2D eigenvalue weighted by Crippen LogP contribution is -2.55. The smallest absolute Gasteiger partial charge is 0.246 e. The molecule has 2 aromatic heterocycles. The first-order chi connectivity index (χ1) is 20.9. The molecule has 2 saturated heterocycles. The number of likely N-dealkylation sites (tertiary alicyclic amines) is 1. The summed E-state index contributed by atoms with van der Waals surface area (Å²) < 4.78 is 23.3. The van der Waals surface area contributed by atoms with Crippen LogP contribution in [0.3, 0.4) is 0 Å². The van der Waals surface area contributed by atoms with Gasteiger partial charge in [0.25, 0.3) is 0 Å². The lowest BCUT2D eigenvalue weighted by Gasteiger charge is -2.42. The highest BCUT2D eigenvalue weighted by Crippen LogP contribution is 2.41. The molecule has 0 unspecified atom stereocenters. The van der Waals surface area contributed by atoms with E-state index in [1.165, 1.54) is 12.1 Å². The van der Waals surface area contributed by atoms with Crippen LogP contribution in [0.4, 0.5) is 10.1 Å². The van der Waals surface area contributed by atoms with Crippen LogP contribution >= 0.6 is 11.3 Å². The number of likely N-dealkylation sites (N-methyl/N-ethyl adjacent to an activating group) is 1. The Morgan fingerprint density at radius 2 is 2.07 bits per heavy atom. The zero-order valence-electron chi connectivity index (χ0n) is 23.9. The first-order valence-corrected chi connectivity index (χ1v) is 15.2. The molecule has 2 aromatic carbocycles. The van der Waals surface area contributed by atoms with Crippen LogP contribution in [0.15, 0.2) is 54.4 Å². The van der Waals surface area contributed by atoms with Gasteiger partial charge in [0.05, 0.1) is 29.7 Å². The molecule has 0 saturated carbocycles. The van der Waals surface area contributed by atoms with Crippen LogP contribution in [0.1, 0.15) is 24.8 Å². The normalized spacial score (nSPS) is 19.0. The van der Waals surface area contributed by atoms with Gasteiger partial charge in [0.15, 0.2) is 0 Å². The summed E-state index contributed by atoms with van der Waals surface area (Å²) in [7, 11) is 2.06. The number of amides is 1. The summed E-state index contributed by atoms with van der Waals surface area (Å²) in [5.74, 6) is -0.461. The summed E-state index contributed by atoms with van der Waals surface area (Å²) in [5.41, 5.74) is 2.44. The van der Waals surface area contributed by atoms with Crippen molar-refractivity contribution < 1.29 is 13.9 Å². The fourth-order valence-corrected chi connectivity index (χ4v) is 7.23. The monoisotopic (exact) mass is 594 g/mol. The van der Waals surface area contributed by atoms with Gasteiger partial charge in [-0.25, -0.2) is 9.37 Å². The predicted octanol–water partition coefficient (Wildman–Crippen LogP) is 5.72. The molecule has 0 N–H and O–H groups in total. The number of benzene rings is 2. The molecule has 0 bridgehead atoms. The van der Waals surface area contributed by atoms with Gasteiger partial charge in [-0.3, -0.25) is 4.79 Å². The highest BCUT2D eigenvalue weighted by molar-refractivity contribution is 7.17. The number of piperazine rings is 1. The summed E-state index contributed by atoms with van der Waals surface area (Å²) in [6.07, 6.45) is 3.44. The van der Waals surface area contributed by atoms with Crippen molar-refractivity contribution in [3.05, 3.63) is 65.8 Å². The molecule has 0 radical (unpaired) electrons. The first kappa shape index (κ1) is 28.6. The van der Waals surface area contributed by atoms with Gasteiger partial charge >= 0.3 is 0 Å². The van der Waals surface area contributed by atoms with Crippen molar-refractivity contribution in [2.24, 2.45) is 0 Å². The van der Waals surface area contributed by atoms with Gasteiger partial charge in [-0.1, -0.05) is 24.8 Å². The highest BCUT2D eigenvalue weighted by atomic mass is 32.1. The van der Waals surface area contributed by atoms with Gasteiger partial charge in [0.1, 0.15) is 24.1 Å². The van der Waals surface area contributed by atoms with Gasteiger partial charge in [0.2, 0.25) is 11.8 Å². The molecule has 2 atom stereocenters. The molecule has 10 heteroatoms. The number of hydrogen-bond acceptors (Lipinski definition) is 8. The molecule has 4 aromatic rings. The molecule has 0 aliphatic carbocycles. The van der Waals surface area contributed by atoms with Crippen LogP contribution in [0, 0.1) is 28.5 Å². The van der Waals surface area contributed by atoms with Gasteiger partial charge in [-0.05, 0) is 61.5 Å². The summed E-state index contributed by atoms with van der Waals surface area (Å²) in [6, 6.07) is 15.3. The molecule has 2 aliphatic rings. The van der Waals surface area contributed by atoms with E-state index < -0.39 is 11.9 Å². The number of carbonyl (C=O) groups excluding carboxylic acids is 1. The molecular weight excluding hydrogens is 563 g/mol. The molecule has 43 heavy (non-hydrogen) atoms. The topological polar surface area (TPSA) is 96.5 Å². The zero-order valence-corrected chi connectivity index (χ0v) is 24.7. The third kappa shape index (κ3) is 5.29. The van der Waals surface area contributed by atoms with Gasteiger partial charge in [0, 0.05) is 46.9 Å². The minimum absolute atomic E-state index is 0.113. The molecule has 218 valence electrons. The maximum atomic E-state index is 16.1. The molecule has 2 aliphatic heterocycles. The number of rotatable bonds is 7. The van der Waals surface area contributed by atoms with Crippen molar-refractivity contribution in [2.45, 2.75) is 31.3 Å². The fraction of sp³-hybridized carbons (Fsp3) is 0.333. The van der Waals surface area contributed by atoms with E-state index >= 15 is 4.39 Å². The minimum atomic E-state index is -0.421. The second kappa shape index (κ2) is 12.0. The van der Waals surface area contributed by atoms with E-state index in [1.807, 2.05) is 34.5 Å².